The molecule has 0 N–H and O–H groups in total. The smallest absolute Gasteiger partial charge is 0.160 e. The molecule has 0 aromatic rings. The van der Waals surface area contributed by atoms with Crippen LogP contribution in [0.15, 0.2) is 23.3 Å². The summed E-state index contributed by atoms with van der Waals surface area (Å²) in [5.74, 6) is 0.796. The molecular formula is C20H33ClO. The molecule has 126 valence electrons. The van der Waals surface area contributed by atoms with Crippen molar-refractivity contribution in [3.63, 3.8) is 0 Å². The average Bonchev–Trinajstić information content (AvgIpc) is 2.36. The fourth-order valence-corrected chi connectivity index (χ4v) is 3.43. The maximum atomic E-state index is 12.6. The summed E-state index contributed by atoms with van der Waals surface area (Å²) in [4.78, 5) is 12.2. The van der Waals surface area contributed by atoms with Gasteiger partial charge >= 0.3 is 0 Å². The fourth-order valence-electron chi connectivity index (χ4n) is 3.21. The quantitative estimate of drug-likeness (QED) is 0.399. The van der Waals surface area contributed by atoms with E-state index in [1.807, 2.05) is 19.9 Å². The topological polar surface area (TPSA) is 17.1 Å². The standard InChI is InChI=1S/C20H33ClO/c1-15-8-6-10-16(2)12-13-18(20(4,5)21)19(22)14-17(3)11-7-9-15/h9,14,16,18H,6-8,10-13H2,1-5H3/b15-9+,17-14+/t16-,18+/m0/s1. The van der Waals surface area contributed by atoms with Crippen LogP contribution in [0.3, 0.4) is 0 Å². The van der Waals surface area contributed by atoms with Crippen molar-refractivity contribution in [3.8, 4) is 0 Å². The summed E-state index contributed by atoms with van der Waals surface area (Å²) < 4.78 is 0. The molecule has 0 heterocycles. The third kappa shape index (κ3) is 7.13. The Bertz CT molecular complexity index is 425. The molecule has 0 saturated heterocycles. The third-order valence-electron chi connectivity index (χ3n) is 4.81. The van der Waals surface area contributed by atoms with Gasteiger partial charge in [0.15, 0.2) is 5.78 Å². The molecule has 0 radical (unpaired) electrons. The molecular weight excluding hydrogens is 292 g/mol. The molecule has 0 aliphatic heterocycles. The van der Waals surface area contributed by atoms with Gasteiger partial charge in [-0.15, -0.1) is 11.6 Å². The summed E-state index contributed by atoms with van der Waals surface area (Å²) in [5.41, 5.74) is 2.66. The van der Waals surface area contributed by atoms with E-state index < -0.39 is 4.87 Å². The van der Waals surface area contributed by atoms with Crippen LogP contribution in [0, 0.1) is 11.8 Å². The minimum absolute atomic E-state index is 0.0771. The van der Waals surface area contributed by atoms with Gasteiger partial charge in [0.05, 0.1) is 0 Å². The van der Waals surface area contributed by atoms with Gasteiger partial charge in [0.25, 0.3) is 0 Å². The Kier molecular flexibility index (Phi) is 7.89. The molecule has 0 saturated carbocycles. The highest BCUT2D eigenvalue weighted by atomic mass is 35.5. The van der Waals surface area contributed by atoms with Gasteiger partial charge < -0.3 is 0 Å². The maximum Gasteiger partial charge on any atom is 0.160 e. The number of alkyl halides is 1. The van der Waals surface area contributed by atoms with Gasteiger partial charge in [0, 0.05) is 10.8 Å². The number of ketones is 1. The lowest BCUT2D eigenvalue weighted by Gasteiger charge is -2.27. The fraction of sp³-hybridized carbons (Fsp3) is 0.750. The van der Waals surface area contributed by atoms with Crippen molar-refractivity contribution in [1.29, 1.82) is 0 Å². The zero-order valence-corrected chi connectivity index (χ0v) is 15.8. The molecule has 0 fully saturated rings. The van der Waals surface area contributed by atoms with Crippen LogP contribution >= 0.6 is 11.6 Å². The zero-order chi connectivity index (χ0) is 16.8. The van der Waals surface area contributed by atoms with Crippen molar-refractivity contribution in [3.05, 3.63) is 23.3 Å². The Morgan fingerprint density at radius 1 is 1.09 bits per heavy atom. The van der Waals surface area contributed by atoms with Crippen molar-refractivity contribution in [2.75, 3.05) is 0 Å². The summed E-state index contributed by atoms with van der Waals surface area (Å²) in [7, 11) is 0. The first kappa shape index (κ1) is 19.5. The van der Waals surface area contributed by atoms with Crippen LogP contribution in [0.5, 0.6) is 0 Å². The largest absolute Gasteiger partial charge is 0.294 e. The van der Waals surface area contributed by atoms with Crippen LogP contribution in [0.4, 0.5) is 0 Å². The summed E-state index contributed by atoms with van der Waals surface area (Å²) in [6, 6.07) is 0. The number of halogens is 1. The molecule has 0 aromatic heterocycles. The van der Waals surface area contributed by atoms with Crippen LogP contribution in [-0.2, 0) is 4.79 Å². The highest BCUT2D eigenvalue weighted by Gasteiger charge is 2.32. The first-order valence-corrected chi connectivity index (χ1v) is 9.13. The SMILES string of the molecule is C/C1=C\C(=O)[C@H](C(C)(C)Cl)CC[C@@H](C)CCC/C(C)=C/CC1. The lowest BCUT2D eigenvalue weighted by atomic mass is 9.82. The molecule has 0 spiro atoms. The number of allylic oxidation sites excluding steroid dienone is 4. The third-order valence-corrected chi connectivity index (χ3v) is 5.07. The zero-order valence-electron chi connectivity index (χ0n) is 15.0. The minimum atomic E-state index is -0.471. The van der Waals surface area contributed by atoms with Gasteiger partial charge in [0.1, 0.15) is 0 Å². The van der Waals surface area contributed by atoms with E-state index in [2.05, 4.69) is 26.8 Å². The molecule has 0 bridgehead atoms. The molecule has 0 unspecified atom stereocenters. The minimum Gasteiger partial charge on any atom is -0.294 e. The normalized spacial score (nSPS) is 31.6. The van der Waals surface area contributed by atoms with E-state index >= 15 is 0 Å². The average molecular weight is 325 g/mol. The summed E-state index contributed by atoms with van der Waals surface area (Å²) in [6.45, 7) is 10.5. The van der Waals surface area contributed by atoms with E-state index in [9.17, 15) is 4.79 Å². The predicted molar refractivity (Wildman–Crippen MR) is 97.4 cm³/mol. The first-order valence-electron chi connectivity index (χ1n) is 8.75. The van der Waals surface area contributed by atoms with Crippen LogP contribution in [-0.4, -0.2) is 10.7 Å². The van der Waals surface area contributed by atoms with E-state index in [4.69, 9.17) is 11.6 Å². The molecule has 0 amide bonds. The van der Waals surface area contributed by atoms with Crippen LogP contribution in [0.1, 0.15) is 79.6 Å². The molecule has 0 aromatic carbocycles. The van der Waals surface area contributed by atoms with E-state index in [0.29, 0.717) is 5.92 Å². The van der Waals surface area contributed by atoms with Crippen molar-refractivity contribution >= 4 is 17.4 Å². The van der Waals surface area contributed by atoms with Crippen molar-refractivity contribution in [2.45, 2.75) is 84.4 Å². The van der Waals surface area contributed by atoms with E-state index in [1.165, 1.54) is 30.4 Å². The summed E-state index contributed by atoms with van der Waals surface area (Å²) in [6.07, 6.45) is 11.9. The van der Waals surface area contributed by atoms with Gasteiger partial charge in [-0.05, 0) is 78.2 Å². The Labute approximate surface area is 142 Å². The van der Waals surface area contributed by atoms with Crippen LogP contribution in [0.25, 0.3) is 0 Å². The lowest BCUT2D eigenvalue weighted by molar-refractivity contribution is -0.119. The highest BCUT2D eigenvalue weighted by Crippen LogP contribution is 2.32. The number of hydrogen-bond acceptors (Lipinski definition) is 1. The molecule has 1 aliphatic carbocycles. The van der Waals surface area contributed by atoms with E-state index in [1.54, 1.807) is 0 Å². The Morgan fingerprint density at radius 3 is 2.41 bits per heavy atom. The number of rotatable bonds is 1. The van der Waals surface area contributed by atoms with Gasteiger partial charge in [-0.1, -0.05) is 30.6 Å². The van der Waals surface area contributed by atoms with Crippen molar-refractivity contribution in [2.24, 2.45) is 11.8 Å². The monoisotopic (exact) mass is 324 g/mol. The van der Waals surface area contributed by atoms with Crippen molar-refractivity contribution in [1.82, 2.24) is 0 Å². The maximum absolute atomic E-state index is 12.6. The van der Waals surface area contributed by atoms with Crippen LogP contribution in [0.2, 0.25) is 0 Å². The first-order chi connectivity index (χ1) is 10.2. The van der Waals surface area contributed by atoms with E-state index in [0.717, 1.165) is 25.7 Å². The van der Waals surface area contributed by atoms with Gasteiger partial charge in [0.2, 0.25) is 0 Å². The molecule has 1 nitrogen and oxygen atoms in total. The molecule has 1 rings (SSSR count). The predicted octanol–water partition coefficient (Wildman–Crippen LogP) is 6.46. The highest BCUT2D eigenvalue weighted by molar-refractivity contribution is 6.25. The summed E-state index contributed by atoms with van der Waals surface area (Å²) in [5, 5.41) is 0. The van der Waals surface area contributed by atoms with Gasteiger partial charge in [-0.3, -0.25) is 4.79 Å². The number of carbonyl (C=O) groups is 1. The second kappa shape index (κ2) is 8.91. The number of carbonyl (C=O) groups excluding carboxylic acids is 1. The number of hydrogen-bond donors (Lipinski definition) is 0. The Hall–Kier alpha value is -0.560. The molecule has 1 aliphatic rings. The molecule has 2 heteroatoms. The lowest BCUT2D eigenvalue weighted by Crippen LogP contribution is -2.31. The van der Waals surface area contributed by atoms with E-state index in [-0.39, 0.29) is 11.7 Å². The second-order valence-corrected chi connectivity index (χ2v) is 8.65. The Balaban J connectivity index is 2.91. The second-order valence-electron chi connectivity index (χ2n) is 7.67. The van der Waals surface area contributed by atoms with Crippen molar-refractivity contribution < 1.29 is 4.79 Å². The summed E-state index contributed by atoms with van der Waals surface area (Å²) >= 11 is 6.51. The van der Waals surface area contributed by atoms with Gasteiger partial charge in [-0.25, -0.2) is 0 Å². The van der Waals surface area contributed by atoms with Gasteiger partial charge in [-0.2, -0.15) is 0 Å². The molecule has 22 heavy (non-hydrogen) atoms. The Morgan fingerprint density at radius 2 is 1.77 bits per heavy atom. The molecule has 2 atom stereocenters. The van der Waals surface area contributed by atoms with Crippen LogP contribution < -0.4 is 0 Å².